The van der Waals surface area contributed by atoms with Crippen molar-refractivity contribution < 1.29 is 9.53 Å². The molecule has 0 unspecified atom stereocenters. The zero-order valence-corrected chi connectivity index (χ0v) is 11.9. The second-order valence-corrected chi connectivity index (χ2v) is 4.55. The lowest BCUT2D eigenvalue weighted by Gasteiger charge is -2.09. The van der Waals surface area contributed by atoms with Crippen molar-refractivity contribution in [2.45, 2.75) is 13.3 Å². The standard InChI is InChI=1S/C13H15ClN4O2/c1-3-8-11(15)12(18-17-8)13(19)16-9-6-7(14)4-5-10(9)20-2/h4-6H,3,15H2,1-2H3,(H,16,19)(H,17,18). The van der Waals surface area contributed by atoms with Gasteiger partial charge in [-0.2, -0.15) is 5.10 Å². The predicted octanol–water partition coefficient (Wildman–Crippen LogP) is 2.47. The number of amides is 1. The Morgan fingerprint density at radius 3 is 2.90 bits per heavy atom. The third-order valence-electron chi connectivity index (χ3n) is 2.86. The molecule has 0 spiro atoms. The van der Waals surface area contributed by atoms with E-state index in [1.165, 1.54) is 7.11 Å². The highest BCUT2D eigenvalue weighted by atomic mass is 35.5. The van der Waals surface area contributed by atoms with Gasteiger partial charge in [-0.1, -0.05) is 18.5 Å². The van der Waals surface area contributed by atoms with E-state index in [2.05, 4.69) is 15.5 Å². The number of rotatable bonds is 4. The van der Waals surface area contributed by atoms with E-state index >= 15 is 0 Å². The lowest BCUT2D eigenvalue weighted by Crippen LogP contribution is -2.15. The number of nitrogen functional groups attached to an aromatic ring is 1. The van der Waals surface area contributed by atoms with Gasteiger partial charge in [-0.05, 0) is 24.6 Å². The maximum absolute atomic E-state index is 12.2. The Kier molecular flexibility index (Phi) is 4.14. The Bertz CT molecular complexity index is 639. The number of hydrogen-bond acceptors (Lipinski definition) is 4. The van der Waals surface area contributed by atoms with Crippen LogP contribution in [-0.2, 0) is 6.42 Å². The van der Waals surface area contributed by atoms with Crippen molar-refractivity contribution >= 4 is 28.9 Å². The molecule has 106 valence electrons. The average molecular weight is 295 g/mol. The molecule has 2 rings (SSSR count). The molecule has 2 aromatic rings. The first-order chi connectivity index (χ1) is 9.56. The molecule has 0 aliphatic heterocycles. The minimum Gasteiger partial charge on any atom is -0.495 e. The zero-order chi connectivity index (χ0) is 14.7. The summed E-state index contributed by atoms with van der Waals surface area (Å²) >= 11 is 5.91. The normalized spacial score (nSPS) is 10.3. The summed E-state index contributed by atoms with van der Waals surface area (Å²) in [7, 11) is 1.51. The van der Waals surface area contributed by atoms with Crippen molar-refractivity contribution in [3.8, 4) is 5.75 Å². The van der Waals surface area contributed by atoms with Crippen molar-refractivity contribution in [2.75, 3.05) is 18.2 Å². The SMILES string of the molecule is CCc1[nH]nc(C(=O)Nc2cc(Cl)ccc2OC)c1N. The molecule has 1 amide bonds. The molecule has 0 saturated carbocycles. The van der Waals surface area contributed by atoms with Crippen molar-refractivity contribution in [2.24, 2.45) is 0 Å². The highest BCUT2D eigenvalue weighted by molar-refractivity contribution is 6.31. The summed E-state index contributed by atoms with van der Waals surface area (Å²) < 4.78 is 5.16. The fourth-order valence-electron chi connectivity index (χ4n) is 1.79. The van der Waals surface area contributed by atoms with Gasteiger partial charge in [0.15, 0.2) is 5.69 Å². The van der Waals surface area contributed by atoms with Crippen LogP contribution in [0.3, 0.4) is 0 Å². The molecule has 4 N–H and O–H groups in total. The van der Waals surface area contributed by atoms with Crippen molar-refractivity contribution in [1.29, 1.82) is 0 Å². The number of carbonyl (C=O) groups excluding carboxylic acids is 1. The number of ether oxygens (including phenoxy) is 1. The number of nitrogens with two attached hydrogens (primary N) is 1. The fourth-order valence-corrected chi connectivity index (χ4v) is 1.96. The first-order valence-electron chi connectivity index (χ1n) is 6.04. The minimum atomic E-state index is -0.418. The number of carbonyl (C=O) groups is 1. The van der Waals surface area contributed by atoms with E-state index in [4.69, 9.17) is 22.1 Å². The summed E-state index contributed by atoms with van der Waals surface area (Å²) in [6, 6.07) is 4.94. The molecule has 1 aromatic carbocycles. The number of methoxy groups -OCH3 is 1. The van der Waals surface area contributed by atoms with Gasteiger partial charge in [-0.15, -0.1) is 0 Å². The van der Waals surface area contributed by atoms with Gasteiger partial charge in [-0.25, -0.2) is 0 Å². The van der Waals surface area contributed by atoms with Gasteiger partial charge in [0.25, 0.3) is 5.91 Å². The van der Waals surface area contributed by atoms with E-state index < -0.39 is 5.91 Å². The summed E-state index contributed by atoms with van der Waals surface area (Å²) in [5.41, 5.74) is 7.56. The van der Waals surface area contributed by atoms with E-state index in [0.717, 1.165) is 5.69 Å². The molecule has 1 heterocycles. The highest BCUT2D eigenvalue weighted by Gasteiger charge is 2.18. The molecule has 6 nitrogen and oxygen atoms in total. The average Bonchev–Trinajstić information content (AvgIpc) is 2.80. The number of anilines is 2. The van der Waals surface area contributed by atoms with Crippen molar-refractivity contribution in [3.05, 3.63) is 34.6 Å². The number of benzene rings is 1. The number of H-pyrrole nitrogens is 1. The summed E-state index contributed by atoms with van der Waals surface area (Å²) in [4.78, 5) is 12.2. The van der Waals surface area contributed by atoms with Crippen LogP contribution < -0.4 is 15.8 Å². The highest BCUT2D eigenvalue weighted by Crippen LogP contribution is 2.28. The molecule has 0 fully saturated rings. The number of halogens is 1. The maximum Gasteiger partial charge on any atom is 0.278 e. The first kappa shape index (κ1) is 14.2. The molecule has 1 aromatic heterocycles. The molecule has 20 heavy (non-hydrogen) atoms. The largest absolute Gasteiger partial charge is 0.495 e. The van der Waals surface area contributed by atoms with E-state index in [-0.39, 0.29) is 5.69 Å². The second-order valence-electron chi connectivity index (χ2n) is 4.12. The molecule has 0 radical (unpaired) electrons. The number of aromatic nitrogens is 2. The molecule has 0 saturated heterocycles. The smallest absolute Gasteiger partial charge is 0.278 e. The molecule has 0 aliphatic rings. The predicted molar refractivity (Wildman–Crippen MR) is 78.3 cm³/mol. The lowest BCUT2D eigenvalue weighted by atomic mass is 10.2. The van der Waals surface area contributed by atoms with Crippen LogP contribution in [-0.4, -0.2) is 23.2 Å². The van der Waals surface area contributed by atoms with Gasteiger partial charge in [0.05, 0.1) is 24.2 Å². The summed E-state index contributed by atoms with van der Waals surface area (Å²) in [5, 5.41) is 9.84. The molecule has 0 atom stereocenters. The number of nitrogens with one attached hydrogen (secondary N) is 2. The van der Waals surface area contributed by atoms with Gasteiger partial charge in [-0.3, -0.25) is 9.89 Å². The van der Waals surface area contributed by atoms with E-state index in [1.807, 2.05) is 6.92 Å². The topological polar surface area (TPSA) is 93.0 Å². The molecular weight excluding hydrogens is 280 g/mol. The van der Waals surface area contributed by atoms with E-state index in [0.29, 0.717) is 28.6 Å². The number of nitrogens with zero attached hydrogens (tertiary/aromatic N) is 1. The monoisotopic (exact) mass is 294 g/mol. The fraction of sp³-hybridized carbons (Fsp3) is 0.231. The molecule has 0 aliphatic carbocycles. The number of aryl methyl sites for hydroxylation is 1. The molecular formula is C13H15ClN4O2. The van der Waals surface area contributed by atoms with Crippen LogP contribution in [0.25, 0.3) is 0 Å². The third-order valence-corrected chi connectivity index (χ3v) is 3.10. The Balaban J connectivity index is 2.27. The van der Waals surface area contributed by atoms with Crippen LogP contribution in [0.5, 0.6) is 5.75 Å². The van der Waals surface area contributed by atoms with Gasteiger partial charge < -0.3 is 15.8 Å². The molecule has 7 heteroatoms. The van der Waals surface area contributed by atoms with Crippen LogP contribution in [0.4, 0.5) is 11.4 Å². The minimum absolute atomic E-state index is 0.156. The van der Waals surface area contributed by atoms with E-state index in [1.54, 1.807) is 18.2 Å². The number of aromatic amines is 1. The Morgan fingerprint density at radius 1 is 1.55 bits per heavy atom. The van der Waals surface area contributed by atoms with Crippen LogP contribution in [0.1, 0.15) is 23.1 Å². The summed E-state index contributed by atoms with van der Waals surface area (Å²) in [6.07, 6.45) is 0.673. The lowest BCUT2D eigenvalue weighted by molar-refractivity contribution is 0.102. The van der Waals surface area contributed by atoms with Gasteiger partial charge in [0.1, 0.15) is 5.75 Å². The third kappa shape index (κ3) is 2.70. The summed E-state index contributed by atoms with van der Waals surface area (Å²) in [5.74, 6) is 0.0894. The zero-order valence-electron chi connectivity index (χ0n) is 11.2. The van der Waals surface area contributed by atoms with Crippen molar-refractivity contribution in [1.82, 2.24) is 10.2 Å². The number of hydrogen-bond donors (Lipinski definition) is 3. The van der Waals surface area contributed by atoms with Crippen molar-refractivity contribution in [3.63, 3.8) is 0 Å². The first-order valence-corrected chi connectivity index (χ1v) is 6.42. The Labute approximate surface area is 121 Å². The Hall–Kier alpha value is -2.21. The van der Waals surface area contributed by atoms with Gasteiger partial charge >= 0.3 is 0 Å². The Morgan fingerprint density at radius 2 is 2.30 bits per heavy atom. The quantitative estimate of drug-likeness (QED) is 0.807. The van der Waals surface area contributed by atoms with Crippen LogP contribution >= 0.6 is 11.6 Å². The van der Waals surface area contributed by atoms with Gasteiger partial charge in [0.2, 0.25) is 0 Å². The summed E-state index contributed by atoms with van der Waals surface area (Å²) in [6.45, 7) is 1.92. The maximum atomic E-state index is 12.2. The second kappa shape index (κ2) is 5.83. The van der Waals surface area contributed by atoms with Crippen LogP contribution in [0.2, 0.25) is 5.02 Å². The van der Waals surface area contributed by atoms with Gasteiger partial charge in [0, 0.05) is 5.02 Å². The van der Waals surface area contributed by atoms with Crippen LogP contribution in [0, 0.1) is 0 Å². The van der Waals surface area contributed by atoms with Crippen LogP contribution in [0.15, 0.2) is 18.2 Å². The van der Waals surface area contributed by atoms with E-state index in [9.17, 15) is 4.79 Å². The molecule has 0 bridgehead atoms.